The van der Waals surface area contributed by atoms with Crippen molar-refractivity contribution in [2.45, 2.75) is 37.9 Å². The third kappa shape index (κ3) is 6.92. The summed E-state index contributed by atoms with van der Waals surface area (Å²) in [6.45, 7) is 3.37. The molecule has 10 heteroatoms. The number of amides is 1. The lowest BCUT2D eigenvalue weighted by Crippen LogP contribution is -2.44. The number of hydrogen-bond donors (Lipinski definition) is 1. The Labute approximate surface area is 219 Å². The van der Waals surface area contributed by atoms with Crippen LogP contribution in [0.25, 0.3) is 0 Å². The molecule has 2 heterocycles. The molecule has 204 valence electrons. The normalized spacial score (nSPS) is 18.8. The lowest BCUT2D eigenvalue weighted by Gasteiger charge is -2.38. The van der Waals surface area contributed by atoms with Crippen LogP contribution in [0.4, 0.5) is 18.9 Å². The molecule has 1 amide bonds. The Bertz CT molecular complexity index is 1140. The van der Waals surface area contributed by atoms with E-state index in [-0.39, 0.29) is 29.8 Å². The number of nitrogens with zero attached hydrogens (tertiary/aromatic N) is 2. The van der Waals surface area contributed by atoms with Crippen molar-refractivity contribution in [1.29, 1.82) is 0 Å². The summed E-state index contributed by atoms with van der Waals surface area (Å²) in [5, 5.41) is 2.46. The third-order valence-corrected chi connectivity index (χ3v) is 7.37. The molecule has 0 saturated carbocycles. The van der Waals surface area contributed by atoms with Gasteiger partial charge in [0, 0.05) is 43.3 Å². The predicted octanol–water partition coefficient (Wildman–Crippen LogP) is 4.17. The predicted molar refractivity (Wildman–Crippen MR) is 136 cm³/mol. The highest BCUT2D eigenvalue weighted by atomic mass is 19.4. The first-order chi connectivity index (χ1) is 18.1. The second-order valence-corrected chi connectivity index (χ2v) is 9.91. The first kappa shape index (κ1) is 27.6. The van der Waals surface area contributed by atoms with Crippen LogP contribution < -0.4 is 10.2 Å². The maximum Gasteiger partial charge on any atom is 0.416 e. The van der Waals surface area contributed by atoms with Crippen molar-refractivity contribution in [3.05, 3.63) is 65.2 Å². The van der Waals surface area contributed by atoms with Crippen LogP contribution in [0.1, 0.15) is 52.0 Å². The highest BCUT2D eigenvalue weighted by Crippen LogP contribution is 2.30. The lowest BCUT2D eigenvalue weighted by atomic mass is 10.0. The van der Waals surface area contributed by atoms with Gasteiger partial charge in [0.05, 0.1) is 24.8 Å². The molecule has 0 aliphatic carbocycles. The number of anilines is 1. The van der Waals surface area contributed by atoms with E-state index in [1.54, 1.807) is 12.1 Å². The molecular formula is C28H32F3N3O4. The van der Waals surface area contributed by atoms with E-state index in [0.29, 0.717) is 18.0 Å². The summed E-state index contributed by atoms with van der Waals surface area (Å²) >= 11 is 0. The summed E-state index contributed by atoms with van der Waals surface area (Å²) in [7, 11) is 1.36. The van der Waals surface area contributed by atoms with Gasteiger partial charge in [0.2, 0.25) is 0 Å². The van der Waals surface area contributed by atoms with Crippen LogP contribution in [0.3, 0.4) is 0 Å². The number of carbonyl (C=O) groups is 3. The fourth-order valence-corrected chi connectivity index (χ4v) is 5.29. The summed E-state index contributed by atoms with van der Waals surface area (Å²) in [5.74, 6) is -0.959. The van der Waals surface area contributed by atoms with Crippen LogP contribution in [0.15, 0.2) is 48.5 Å². The summed E-state index contributed by atoms with van der Waals surface area (Å²) in [6.07, 6.45) is -1.28. The Morgan fingerprint density at radius 3 is 2.34 bits per heavy atom. The standard InChI is InChI=1S/C28H32F3N3O4/c1-38-27(37)20-5-7-23(8-6-20)33-13-10-24(11-14-33)34-12-9-19(18-34)15-25(35)17-32-26(36)21-3-2-4-22(16-21)28(29,30)31/h2-8,16,19,24H,9-15,17-18H2,1H3,(H,32,36)/t19-/m0/s1. The number of piperidine rings is 1. The number of benzene rings is 2. The van der Waals surface area contributed by atoms with Gasteiger partial charge in [-0.1, -0.05) is 6.07 Å². The van der Waals surface area contributed by atoms with Gasteiger partial charge >= 0.3 is 12.1 Å². The summed E-state index contributed by atoms with van der Waals surface area (Å²) in [4.78, 5) is 41.1. The molecule has 2 saturated heterocycles. The van der Waals surface area contributed by atoms with Crippen LogP contribution in [0.5, 0.6) is 0 Å². The Balaban J connectivity index is 1.19. The molecule has 0 aromatic heterocycles. The molecule has 2 aromatic rings. The minimum Gasteiger partial charge on any atom is -0.465 e. The van der Waals surface area contributed by atoms with Gasteiger partial charge in [-0.2, -0.15) is 13.2 Å². The van der Waals surface area contributed by atoms with Gasteiger partial charge in [-0.15, -0.1) is 0 Å². The number of esters is 1. The first-order valence-corrected chi connectivity index (χ1v) is 12.8. The fourth-order valence-electron chi connectivity index (χ4n) is 5.29. The molecule has 4 rings (SSSR count). The zero-order valence-corrected chi connectivity index (χ0v) is 21.3. The molecule has 38 heavy (non-hydrogen) atoms. The number of likely N-dealkylation sites (tertiary alicyclic amines) is 1. The molecule has 0 radical (unpaired) electrons. The topological polar surface area (TPSA) is 79.0 Å². The molecule has 0 bridgehead atoms. The average Bonchev–Trinajstić information content (AvgIpc) is 3.39. The van der Waals surface area contributed by atoms with Crippen molar-refractivity contribution >= 4 is 23.3 Å². The highest BCUT2D eigenvalue weighted by Gasteiger charge is 2.32. The van der Waals surface area contributed by atoms with Crippen LogP contribution in [0, 0.1) is 5.92 Å². The Morgan fingerprint density at radius 1 is 0.974 bits per heavy atom. The number of methoxy groups -OCH3 is 1. The lowest BCUT2D eigenvalue weighted by molar-refractivity contribution is -0.137. The zero-order chi connectivity index (χ0) is 27.3. The molecule has 1 N–H and O–H groups in total. The highest BCUT2D eigenvalue weighted by molar-refractivity contribution is 5.97. The van der Waals surface area contributed by atoms with Crippen LogP contribution in [0.2, 0.25) is 0 Å². The van der Waals surface area contributed by atoms with E-state index in [0.717, 1.165) is 63.3 Å². The number of Topliss-reactive ketones (excluding diaryl/α,β-unsaturated/α-hetero) is 1. The SMILES string of the molecule is COC(=O)c1ccc(N2CCC(N3CC[C@@H](CC(=O)CNC(=O)c4cccc(C(F)(F)F)c4)C3)CC2)cc1. The van der Waals surface area contributed by atoms with Gasteiger partial charge in [-0.3, -0.25) is 14.5 Å². The minimum atomic E-state index is -4.53. The number of ether oxygens (including phenoxy) is 1. The summed E-state index contributed by atoms with van der Waals surface area (Å²) < 4.78 is 43.4. The van der Waals surface area contributed by atoms with E-state index in [1.165, 1.54) is 19.2 Å². The maximum atomic E-state index is 12.9. The van der Waals surface area contributed by atoms with Crippen molar-refractivity contribution in [2.24, 2.45) is 5.92 Å². The van der Waals surface area contributed by atoms with Crippen molar-refractivity contribution in [1.82, 2.24) is 10.2 Å². The van der Waals surface area contributed by atoms with Crippen molar-refractivity contribution in [3.8, 4) is 0 Å². The van der Waals surface area contributed by atoms with Gasteiger partial charge in [0.25, 0.3) is 5.91 Å². The quantitative estimate of drug-likeness (QED) is 0.516. The fraction of sp³-hybridized carbons (Fsp3) is 0.464. The van der Waals surface area contributed by atoms with E-state index in [4.69, 9.17) is 4.74 Å². The summed E-state index contributed by atoms with van der Waals surface area (Å²) in [5.41, 5.74) is 0.586. The van der Waals surface area contributed by atoms with E-state index in [2.05, 4.69) is 15.1 Å². The van der Waals surface area contributed by atoms with Crippen molar-refractivity contribution < 1.29 is 32.3 Å². The largest absolute Gasteiger partial charge is 0.465 e. The number of ketones is 1. The molecule has 7 nitrogen and oxygen atoms in total. The number of halogens is 3. The molecule has 2 aliphatic heterocycles. The molecule has 2 fully saturated rings. The number of alkyl halides is 3. The van der Waals surface area contributed by atoms with Crippen molar-refractivity contribution in [3.63, 3.8) is 0 Å². The number of rotatable bonds is 8. The van der Waals surface area contributed by atoms with Crippen molar-refractivity contribution in [2.75, 3.05) is 44.7 Å². The second kappa shape index (κ2) is 12.0. The first-order valence-electron chi connectivity index (χ1n) is 12.8. The number of nitrogens with one attached hydrogen (secondary N) is 1. The van der Waals surface area contributed by atoms with Gasteiger partial charge < -0.3 is 15.0 Å². The minimum absolute atomic E-state index is 0.120. The Hall–Kier alpha value is -3.40. The van der Waals surface area contributed by atoms with E-state index in [9.17, 15) is 27.6 Å². The van der Waals surface area contributed by atoms with Gasteiger partial charge in [-0.05, 0) is 74.2 Å². The van der Waals surface area contributed by atoms with Crippen LogP contribution in [-0.2, 0) is 15.7 Å². The Morgan fingerprint density at radius 2 is 1.68 bits per heavy atom. The monoisotopic (exact) mass is 531 g/mol. The smallest absolute Gasteiger partial charge is 0.416 e. The molecule has 1 atom stereocenters. The van der Waals surface area contributed by atoms with Crippen LogP contribution in [-0.4, -0.2) is 68.4 Å². The maximum absolute atomic E-state index is 12.9. The van der Waals surface area contributed by atoms with Gasteiger partial charge in [0.1, 0.15) is 0 Å². The second-order valence-electron chi connectivity index (χ2n) is 9.91. The zero-order valence-electron chi connectivity index (χ0n) is 21.3. The molecular weight excluding hydrogens is 499 g/mol. The van der Waals surface area contributed by atoms with Gasteiger partial charge in [-0.25, -0.2) is 4.79 Å². The van der Waals surface area contributed by atoms with Crippen LogP contribution >= 0.6 is 0 Å². The molecule has 2 aliphatic rings. The molecule has 2 aromatic carbocycles. The van der Waals surface area contributed by atoms with E-state index < -0.39 is 17.6 Å². The Kier molecular flexibility index (Phi) is 8.71. The number of hydrogen-bond acceptors (Lipinski definition) is 6. The molecule has 0 unspecified atom stereocenters. The number of carbonyl (C=O) groups excluding carboxylic acids is 3. The summed E-state index contributed by atoms with van der Waals surface area (Å²) in [6, 6.07) is 12.0. The third-order valence-electron chi connectivity index (χ3n) is 7.37. The molecule has 0 spiro atoms. The van der Waals surface area contributed by atoms with Gasteiger partial charge in [0.15, 0.2) is 5.78 Å². The van der Waals surface area contributed by atoms with E-state index >= 15 is 0 Å². The van der Waals surface area contributed by atoms with E-state index in [1.807, 2.05) is 12.1 Å². The average molecular weight is 532 g/mol.